The van der Waals surface area contributed by atoms with Gasteiger partial charge in [-0.3, -0.25) is 10.1 Å². The first-order valence-corrected chi connectivity index (χ1v) is 14.2. The minimum atomic E-state index is -4.50. The zero-order valence-corrected chi connectivity index (χ0v) is 24.0. The van der Waals surface area contributed by atoms with Crippen LogP contribution in [0.5, 0.6) is 0 Å². The molecule has 0 fully saturated rings. The van der Waals surface area contributed by atoms with Crippen LogP contribution in [-0.2, 0) is 12.6 Å². The van der Waals surface area contributed by atoms with E-state index < -0.39 is 17.8 Å². The number of thiophene rings is 1. The summed E-state index contributed by atoms with van der Waals surface area (Å²) in [7, 11) is 3.43. The van der Waals surface area contributed by atoms with Crippen molar-refractivity contribution in [3.8, 4) is 10.4 Å². The quantitative estimate of drug-likeness (QED) is 0.177. The number of amides is 3. The van der Waals surface area contributed by atoms with E-state index in [9.17, 15) is 22.8 Å². The summed E-state index contributed by atoms with van der Waals surface area (Å²) >= 11 is 2.79. The highest BCUT2D eigenvalue weighted by Crippen LogP contribution is 2.36. The molecule has 2 aromatic carbocycles. The van der Waals surface area contributed by atoms with E-state index in [-0.39, 0.29) is 11.6 Å². The SMILES string of the molecule is CN(C)C(=O)c1cccc(-c2cc3ncnc(NCCc4cnc(NC(=O)Nc5cccc(C(F)(F)F)c5)s4)c3s2)c1. The van der Waals surface area contributed by atoms with Crippen molar-refractivity contribution < 1.29 is 22.8 Å². The van der Waals surface area contributed by atoms with Crippen molar-refractivity contribution in [1.82, 2.24) is 19.9 Å². The Morgan fingerprint density at radius 2 is 1.76 bits per heavy atom. The fourth-order valence-corrected chi connectivity index (χ4v) is 5.88. The second kappa shape index (κ2) is 12.1. The van der Waals surface area contributed by atoms with Crippen molar-refractivity contribution in [1.29, 1.82) is 0 Å². The Kier molecular flexibility index (Phi) is 8.36. The molecule has 0 aliphatic carbocycles. The van der Waals surface area contributed by atoms with Crippen molar-refractivity contribution in [3.05, 3.63) is 83.1 Å². The van der Waals surface area contributed by atoms with E-state index in [4.69, 9.17) is 0 Å². The van der Waals surface area contributed by atoms with Crippen LogP contribution in [0, 0.1) is 0 Å². The summed E-state index contributed by atoms with van der Waals surface area (Å²) in [6.45, 7) is 0.532. The van der Waals surface area contributed by atoms with Crippen molar-refractivity contribution in [2.24, 2.45) is 0 Å². The van der Waals surface area contributed by atoms with E-state index >= 15 is 0 Å². The Labute approximate surface area is 246 Å². The first-order valence-electron chi connectivity index (χ1n) is 12.6. The van der Waals surface area contributed by atoms with Gasteiger partial charge >= 0.3 is 12.2 Å². The van der Waals surface area contributed by atoms with Gasteiger partial charge in [-0.1, -0.05) is 18.2 Å². The van der Waals surface area contributed by atoms with Gasteiger partial charge in [-0.25, -0.2) is 19.7 Å². The van der Waals surface area contributed by atoms with E-state index in [2.05, 4.69) is 30.9 Å². The number of anilines is 3. The highest BCUT2D eigenvalue weighted by molar-refractivity contribution is 7.22. The van der Waals surface area contributed by atoms with Crippen LogP contribution in [0.25, 0.3) is 20.7 Å². The van der Waals surface area contributed by atoms with Crippen LogP contribution in [0.1, 0.15) is 20.8 Å². The third kappa shape index (κ3) is 6.83. The molecule has 3 heterocycles. The van der Waals surface area contributed by atoms with Crippen molar-refractivity contribution in [3.63, 3.8) is 0 Å². The molecule has 3 aromatic heterocycles. The molecule has 0 atom stereocenters. The molecule has 0 aliphatic heterocycles. The topological polar surface area (TPSA) is 112 Å². The molecule has 5 aromatic rings. The molecule has 14 heteroatoms. The van der Waals surface area contributed by atoms with E-state index in [1.807, 2.05) is 24.3 Å². The number of aromatic nitrogens is 3. The summed E-state index contributed by atoms with van der Waals surface area (Å²) in [5.41, 5.74) is 1.47. The fourth-order valence-electron chi connectivity index (χ4n) is 4.00. The van der Waals surface area contributed by atoms with Crippen LogP contribution in [0.3, 0.4) is 0 Å². The monoisotopic (exact) mass is 611 g/mol. The fraction of sp³-hybridized carbons (Fsp3) is 0.179. The normalized spacial score (nSPS) is 11.4. The molecule has 0 bridgehead atoms. The number of fused-ring (bicyclic) bond motifs is 1. The van der Waals surface area contributed by atoms with Gasteiger partial charge in [0.25, 0.3) is 5.91 Å². The number of thiazole rings is 1. The molecule has 0 unspecified atom stereocenters. The molecule has 0 saturated heterocycles. The number of hydrogen-bond acceptors (Lipinski definition) is 8. The van der Waals surface area contributed by atoms with E-state index in [0.717, 1.165) is 37.7 Å². The van der Waals surface area contributed by atoms with Gasteiger partial charge in [-0.05, 0) is 42.0 Å². The molecule has 0 radical (unpaired) electrons. The number of rotatable bonds is 8. The number of nitrogens with one attached hydrogen (secondary N) is 3. The molecular formula is C28H24F3N7O2S2. The van der Waals surface area contributed by atoms with Gasteiger partial charge < -0.3 is 15.5 Å². The highest BCUT2D eigenvalue weighted by Gasteiger charge is 2.30. The molecule has 3 amide bonds. The molecule has 0 aliphatic rings. The minimum Gasteiger partial charge on any atom is -0.368 e. The summed E-state index contributed by atoms with van der Waals surface area (Å²) in [4.78, 5) is 41.0. The first-order chi connectivity index (χ1) is 20.1. The van der Waals surface area contributed by atoms with Crippen LogP contribution < -0.4 is 16.0 Å². The average molecular weight is 612 g/mol. The number of hydrogen-bond donors (Lipinski definition) is 3. The number of urea groups is 1. The minimum absolute atomic E-state index is 0.0194. The maximum atomic E-state index is 12.9. The maximum Gasteiger partial charge on any atom is 0.416 e. The predicted molar refractivity (Wildman–Crippen MR) is 159 cm³/mol. The van der Waals surface area contributed by atoms with Gasteiger partial charge in [-0.15, -0.1) is 22.7 Å². The van der Waals surface area contributed by atoms with E-state index in [1.54, 1.807) is 26.4 Å². The number of nitrogens with zero attached hydrogens (tertiary/aromatic N) is 4. The Morgan fingerprint density at radius 3 is 2.55 bits per heavy atom. The largest absolute Gasteiger partial charge is 0.416 e. The average Bonchev–Trinajstić information content (AvgIpc) is 3.60. The predicted octanol–water partition coefficient (Wildman–Crippen LogP) is 6.83. The van der Waals surface area contributed by atoms with Crippen LogP contribution in [0.4, 0.5) is 34.6 Å². The summed E-state index contributed by atoms with van der Waals surface area (Å²) in [6, 6.07) is 13.1. The van der Waals surface area contributed by atoms with Gasteiger partial charge in [0.05, 0.1) is 15.8 Å². The van der Waals surface area contributed by atoms with Gasteiger partial charge in [0.1, 0.15) is 12.1 Å². The Hall–Kier alpha value is -4.56. The lowest BCUT2D eigenvalue weighted by Gasteiger charge is -2.10. The van der Waals surface area contributed by atoms with Gasteiger partial charge in [-0.2, -0.15) is 13.2 Å². The van der Waals surface area contributed by atoms with Crippen LogP contribution >= 0.6 is 22.7 Å². The summed E-state index contributed by atoms with van der Waals surface area (Å²) < 4.78 is 39.6. The number of alkyl halides is 3. The maximum absolute atomic E-state index is 12.9. The van der Waals surface area contributed by atoms with Crippen molar-refractivity contribution >= 4 is 61.5 Å². The Bertz CT molecular complexity index is 1750. The molecule has 9 nitrogen and oxygen atoms in total. The van der Waals surface area contributed by atoms with E-state index in [1.165, 1.54) is 46.0 Å². The molecular weight excluding hydrogens is 587 g/mol. The summed E-state index contributed by atoms with van der Waals surface area (Å²) in [5.74, 6) is 0.609. The van der Waals surface area contributed by atoms with E-state index in [0.29, 0.717) is 29.5 Å². The second-order valence-corrected chi connectivity index (χ2v) is 11.5. The Balaban J connectivity index is 1.19. The third-order valence-electron chi connectivity index (χ3n) is 6.00. The lowest BCUT2D eigenvalue weighted by Crippen LogP contribution is -2.21. The molecule has 42 heavy (non-hydrogen) atoms. The standard InChI is InChI=1S/C28H24F3N7O2S2/c1-38(2)25(39)17-6-3-5-16(11-17)22-13-21-23(42-22)24(35-15-34-21)32-10-9-20-14-33-27(41-20)37-26(40)36-19-8-4-7-18(12-19)28(29,30)31/h3-8,11-15H,9-10H2,1-2H3,(H,32,34,35)(H2,33,36,37,40). The van der Waals surface area contributed by atoms with Crippen LogP contribution in [0.2, 0.25) is 0 Å². The smallest absolute Gasteiger partial charge is 0.368 e. The number of carbonyl (C=O) groups is 2. The molecule has 3 N–H and O–H groups in total. The molecule has 0 saturated carbocycles. The van der Waals surface area contributed by atoms with Gasteiger partial charge in [0.2, 0.25) is 0 Å². The molecule has 216 valence electrons. The number of halogens is 3. The molecule has 5 rings (SSSR count). The lowest BCUT2D eigenvalue weighted by atomic mass is 10.1. The number of benzene rings is 2. The summed E-state index contributed by atoms with van der Waals surface area (Å²) in [6.07, 6.45) is -0.792. The zero-order valence-electron chi connectivity index (χ0n) is 22.3. The van der Waals surface area contributed by atoms with Gasteiger partial charge in [0.15, 0.2) is 5.13 Å². The van der Waals surface area contributed by atoms with Crippen LogP contribution in [0.15, 0.2) is 67.1 Å². The Morgan fingerprint density at radius 1 is 0.952 bits per heavy atom. The second-order valence-electron chi connectivity index (χ2n) is 9.29. The highest BCUT2D eigenvalue weighted by atomic mass is 32.1. The van der Waals surface area contributed by atoms with Crippen molar-refractivity contribution in [2.75, 3.05) is 36.6 Å². The van der Waals surface area contributed by atoms with Crippen LogP contribution in [-0.4, -0.2) is 52.4 Å². The first kappa shape index (κ1) is 29.0. The van der Waals surface area contributed by atoms with Gasteiger partial charge in [0, 0.05) is 54.3 Å². The molecule has 0 spiro atoms. The number of carbonyl (C=O) groups excluding carboxylic acids is 2. The zero-order chi connectivity index (χ0) is 29.9. The third-order valence-corrected chi connectivity index (χ3v) is 8.15. The lowest BCUT2D eigenvalue weighted by molar-refractivity contribution is -0.137. The van der Waals surface area contributed by atoms with Crippen molar-refractivity contribution in [2.45, 2.75) is 12.6 Å². The summed E-state index contributed by atoms with van der Waals surface area (Å²) in [5, 5.41) is 8.59.